The zero-order chi connectivity index (χ0) is 10.6. The molecule has 1 rings (SSSR count). The SMILES string of the molecule is CCC(C)(CNC)Cc1ccc(Cl)s1. The summed E-state index contributed by atoms with van der Waals surface area (Å²) < 4.78 is 0.892. The minimum Gasteiger partial charge on any atom is -0.319 e. The second kappa shape index (κ2) is 5.15. The van der Waals surface area contributed by atoms with Crippen LogP contribution in [0, 0.1) is 5.41 Å². The predicted molar refractivity (Wildman–Crippen MR) is 65.4 cm³/mol. The Balaban J connectivity index is 2.64. The van der Waals surface area contributed by atoms with Gasteiger partial charge in [0.15, 0.2) is 0 Å². The van der Waals surface area contributed by atoms with Crippen LogP contribution in [0.25, 0.3) is 0 Å². The molecular weight excluding hydrogens is 214 g/mol. The summed E-state index contributed by atoms with van der Waals surface area (Å²) in [6, 6.07) is 4.12. The van der Waals surface area contributed by atoms with Gasteiger partial charge in [0.25, 0.3) is 0 Å². The lowest BCUT2D eigenvalue weighted by molar-refractivity contribution is 0.301. The molecule has 1 N–H and O–H groups in total. The highest BCUT2D eigenvalue weighted by Gasteiger charge is 2.22. The van der Waals surface area contributed by atoms with Gasteiger partial charge in [-0.05, 0) is 37.4 Å². The summed E-state index contributed by atoms with van der Waals surface area (Å²) in [6.45, 7) is 5.61. The third kappa shape index (κ3) is 3.26. The van der Waals surface area contributed by atoms with Crippen molar-refractivity contribution in [2.24, 2.45) is 5.41 Å². The molecule has 0 radical (unpaired) electrons. The molecule has 0 fully saturated rings. The fraction of sp³-hybridized carbons (Fsp3) is 0.636. The zero-order valence-corrected chi connectivity index (χ0v) is 10.6. The van der Waals surface area contributed by atoms with Crippen molar-refractivity contribution >= 4 is 22.9 Å². The van der Waals surface area contributed by atoms with Crippen LogP contribution < -0.4 is 5.32 Å². The van der Waals surface area contributed by atoms with Crippen molar-refractivity contribution in [2.45, 2.75) is 26.7 Å². The Labute approximate surface area is 95.5 Å². The van der Waals surface area contributed by atoms with Gasteiger partial charge in [0, 0.05) is 11.4 Å². The van der Waals surface area contributed by atoms with E-state index in [1.807, 2.05) is 13.1 Å². The molecule has 1 unspecified atom stereocenters. The Morgan fingerprint density at radius 3 is 2.64 bits per heavy atom. The van der Waals surface area contributed by atoms with Crippen molar-refractivity contribution in [2.75, 3.05) is 13.6 Å². The van der Waals surface area contributed by atoms with Crippen molar-refractivity contribution in [1.82, 2.24) is 5.32 Å². The minimum atomic E-state index is 0.350. The maximum Gasteiger partial charge on any atom is 0.0931 e. The molecule has 0 bridgehead atoms. The van der Waals surface area contributed by atoms with Gasteiger partial charge in [0.1, 0.15) is 0 Å². The van der Waals surface area contributed by atoms with Gasteiger partial charge >= 0.3 is 0 Å². The number of hydrogen-bond acceptors (Lipinski definition) is 2. The average molecular weight is 232 g/mol. The van der Waals surface area contributed by atoms with Gasteiger partial charge < -0.3 is 5.32 Å². The summed E-state index contributed by atoms with van der Waals surface area (Å²) in [4.78, 5) is 1.38. The molecule has 14 heavy (non-hydrogen) atoms. The molecule has 1 aromatic rings. The minimum absolute atomic E-state index is 0.350. The summed E-state index contributed by atoms with van der Waals surface area (Å²) in [6.07, 6.45) is 2.30. The molecular formula is C11H18ClNS. The Kier molecular flexibility index (Phi) is 4.42. The van der Waals surface area contributed by atoms with E-state index in [-0.39, 0.29) is 0 Å². The Morgan fingerprint density at radius 2 is 2.21 bits per heavy atom. The van der Waals surface area contributed by atoms with E-state index >= 15 is 0 Å². The lowest BCUT2D eigenvalue weighted by atomic mass is 9.83. The summed E-state index contributed by atoms with van der Waals surface area (Å²) in [5.41, 5.74) is 0.350. The maximum atomic E-state index is 5.91. The molecule has 3 heteroatoms. The molecule has 1 aromatic heterocycles. The monoisotopic (exact) mass is 231 g/mol. The van der Waals surface area contributed by atoms with Gasteiger partial charge in [-0.1, -0.05) is 25.4 Å². The number of nitrogens with one attached hydrogen (secondary N) is 1. The molecule has 0 saturated carbocycles. The Hall–Kier alpha value is -0.0500. The lowest BCUT2D eigenvalue weighted by Gasteiger charge is -2.27. The molecule has 0 spiro atoms. The summed E-state index contributed by atoms with van der Waals surface area (Å²) in [5.74, 6) is 0. The molecule has 0 aliphatic carbocycles. The van der Waals surface area contributed by atoms with E-state index in [0.29, 0.717) is 5.41 Å². The fourth-order valence-corrected chi connectivity index (χ4v) is 2.91. The summed E-state index contributed by atoms with van der Waals surface area (Å²) >= 11 is 7.61. The van der Waals surface area contributed by atoms with Gasteiger partial charge in [-0.15, -0.1) is 11.3 Å². The lowest BCUT2D eigenvalue weighted by Crippen LogP contribution is -2.30. The zero-order valence-electron chi connectivity index (χ0n) is 9.06. The van der Waals surface area contributed by atoms with Crippen molar-refractivity contribution < 1.29 is 0 Å². The second-order valence-corrected chi connectivity index (χ2v) is 5.88. The largest absolute Gasteiger partial charge is 0.319 e. The van der Waals surface area contributed by atoms with Gasteiger partial charge in [-0.2, -0.15) is 0 Å². The Bertz CT molecular complexity index is 285. The van der Waals surface area contributed by atoms with Crippen molar-refractivity contribution in [3.8, 4) is 0 Å². The first-order chi connectivity index (χ1) is 6.59. The van der Waals surface area contributed by atoms with Crippen LogP contribution in [0.3, 0.4) is 0 Å². The highest BCUT2D eigenvalue weighted by atomic mass is 35.5. The van der Waals surface area contributed by atoms with Gasteiger partial charge in [-0.25, -0.2) is 0 Å². The topological polar surface area (TPSA) is 12.0 Å². The van der Waals surface area contributed by atoms with E-state index in [1.165, 1.54) is 11.3 Å². The standard InChI is InChI=1S/C11H18ClNS/c1-4-11(2,8-13-3)7-9-5-6-10(12)14-9/h5-6,13H,4,7-8H2,1-3H3. The van der Waals surface area contributed by atoms with Crippen molar-refractivity contribution in [1.29, 1.82) is 0 Å². The quantitative estimate of drug-likeness (QED) is 0.817. The maximum absolute atomic E-state index is 5.91. The smallest absolute Gasteiger partial charge is 0.0931 e. The average Bonchev–Trinajstić information content (AvgIpc) is 2.51. The van der Waals surface area contributed by atoms with Crippen LogP contribution in [0.2, 0.25) is 4.34 Å². The number of halogens is 1. The first kappa shape index (κ1) is 12.0. The second-order valence-electron chi connectivity index (χ2n) is 4.08. The molecule has 0 aliphatic rings. The molecule has 0 amide bonds. The van der Waals surface area contributed by atoms with Crippen LogP contribution in [0.4, 0.5) is 0 Å². The molecule has 1 atom stereocenters. The highest BCUT2D eigenvalue weighted by Crippen LogP contribution is 2.30. The van der Waals surface area contributed by atoms with Crippen LogP contribution in [0.1, 0.15) is 25.1 Å². The van der Waals surface area contributed by atoms with E-state index in [9.17, 15) is 0 Å². The number of thiophene rings is 1. The number of rotatable bonds is 5. The van der Waals surface area contributed by atoms with Crippen LogP contribution in [0.15, 0.2) is 12.1 Å². The fourth-order valence-electron chi connectivity index (χ4n) is 1.61. The first-order valence-electron chi connectivity index (χ1n) is 4.98. The normalized spacial score (nSPS) is 15.4. The highest BCUT2D eigenvalue weighted by molar-refractivity contribution is 7.16. The van der Waals surface area contributed by atoms with E-state index < -0.39 is 0 Å². The van der Waals surface area contributed by atoms with Gasteiger partial charge in [-0.3, -0.25) is 0 Å². The molecule has 80 valence electrons. The van der Waals surface area contributed by atoms with Crippen LogP contribution in [0.5, 0.6) is 0 Å². The van der Waals surface area contributed by atoms with E-state index in [1.54, 1.807) is 11.3 Å². The third-order valence-corrected chi connectivity index (χ3v) is 3.92. The third-order valence-electron chi connectivity index (χ3n) is 2.69. The van der Waals surface area contributed by atoms with E-state index in [0.717, 1.165) is 17.3 Å². The van der Waals surface area contributed by atoms with Crippen molar-refractivity contribution in [3.05, 3.63) is 21.3 Å². The molecule has 1 nitrogen and oxygen atoms in total. The van der Waals surface area contributed by atoms with E-state index in [2.05, 4.69) is 25.2 Å². The molecule has 1 heterocycles. The summed E-state index contributed by atoms with van der Waals surface area (Å²) in [5, 5.41) is 3.26. The van der Waals surface area contributed by atoms with Crippen LogP contribution in [-0.2, 0) is 6.42 Å². The molecule has 0 aliphatic heterocycles. The van der Waals surface area contributed by atoms with Crippen molar-refractivity contribution in [3.63, 3.8) is 0 Å². The van der Waals surface area contributed by atoms with Gasteiger partial charge in [0.2, 0.25) is 0 Å². The Morgan fingerprint density at radius 1 is 1.50 bits per heavy atom. The molecule has 0 aromatic carbocycles. The molecule has 0 saturated heterocycles. The summed E-state index contributed by atoms with van der Waals surface area (Å²) in [7, 11) is 2.01. The van der Waals surface area contributed by atoms with Gasteiger partial charge in [0.05, 0.1) is 4.34 Å². The van der Waals surface area contributed by atoms with E-state index in [4.69, 9.17) is 11.6 Å². The number of hydrogen-bond donors (Lipinski definition) is 1. The predicted octanol–water partition coefficient (Wildman–Crippen LogP) is 3.58. The van der Waals surface area contributed by atoms with Crippen LogP contribution >= 0.6 is 22.9 Å². The first-order valence-corrected chi connectivity index (χ1v) is 6.18. The van der Waals surface area contributed by atoms with Crippen LogP contribution in [-0.4, -0.2) is 13.6 Å².